The first kappa shape index (κ1) is 17.7. The highest BCUT2D eigenvalue weighted by Crippen LogP contribution is 2.13. The number of nitrogens with zero attached hydrogens (tertiary/aromatic N) is 1. The summed E-state index contributed by atoms with van der Waals surface area (Å²) in [5.74, 6) is 0.658. The molecule has 1 heterocycles. The fourth-order valence-corrected chi connectivity index (χ4v) is 2.15. The summed E-state index contributed by atoms with van der Waals surface area (Å²) in [7, 11) is 0. The predicted molar refractivity (Wildman–Crippen MR) is 91.9 cm³/mol. The molecule has 0 aliphatic carbocycles. The molecule has 1 aromatic heterocycles. The number of carbonyl (C=O) groups excluding carboxylic acids is 2. The van der Waals surface area contributed by atoms with E-state index in [2.05, 4.69) is 10.3 Å². The van der Waals surface area contributed by atoms with Crippen LogP contribution in [0.5, 0.6) is 5.75 Å². The number of carbonyl (C=O) groups is 2. The summed E-state index contributed by atoms with van der Waals surface area (Å²) < 4.78 is 5.46. The number of rotatable bonds is 9. The molecule has 1 amide bonds. The molecule has 0 unspecified atom stereocenters. The van der Waals surface area contributed by atoms with Gasteiger partial charge in [-0.05, 0) is 43.2 Å². The van der Waals surface area contributed by atoms with Crippen molar-refractivity contribution in [1.29, 1.82) is 0 Å². The Morgan fingerprint density at radius 2 is 1.88 bits per heavy atom. The molecule has 0 saturated heterocycles. The second-order valence-electron chi connectivity index (χ2n) is 5.56. The van der Waals surface area contributed by atoms with Crippen LogP contribution >= 0.6 is 0 Å². The van der Waals surface area contributed by atoms with Crippen LogP contribution in [0, 0.1) is 0 Å². The molecule has 2 aromatic rings. The lowest BCUT2D eigenvalue weighted by molar-refractivity contribution is -0.123. The maximum absolute atomic E-state index is 11.8. The van der Waals surface area contributed by atoms with Crippen LogP contribution in [0.2, 0.25) is 0 Å². The number of pyridine rings is 1. The van der Waals surface area contributed by atoms with E-state index in [1.54, 1.807) is 13.1 Å². The van der Waals surface area contributed by atoms with Crippen LogP contribution in [0.4, 0.5) is 0 Å². The van der Waals surface area contributed by atoms with Crippen LogP contribution in [0.3, 0.4) is 0 Å². The number of aryl methyl sites for hydroxylation is 1. The maximum atomic E-state index is 11.8. The molecule has 0 spiro atoms. The number of amides is 1. The number of hydrogen-bond acceptors (Lipinski definition) is 4. The number of aromatic nitrogens is 1. The largest absolute Gasteiger partial charge is 0.484 e. The molecule has 0 fully saturated rings. The average molecular weight is 326 g/mol. The first-order chi connectivity index (χ1) is 11.6. The quantitative estimate of drug-likeness (QED) is 0.768. The topological polar surface area (TPSA) is 68.3 Å². The third-order valence-electron chi connectivity index (χ3n) is 3.49. The van der Waals surface area contributed by atoms with Crippen LogP contribution in [-0.2, 0) is 22.4 Å². The van der Waals surface area contributed by atoms with E-state index in [9.17, 15) is 9.59 Å². The third-order valence-corrected chi connectivity index (χ3v) is 3.49. The minimum absolute atomic E-state index is 0.0188. The summed E-state index contributed by atoms with van der Waals surface area (Å²) in [5, 5.41) is 2.80. The van der Waals surface area contributed by atoms with Gasteiger partial charge in [-0.2, -0.15) is 0 Å². The van der Waals surface area contributed by atoms with E-state index in [4.69, 9.17) is 4.74 Å². The van der Waals surface area contributed by atoms with Gasteiger partial charge in [-0.1, -0.05) is 18.2 Å². The van der Waals surface area contributed by atoms with Crippen LogP contribution in [0.15, 0.2) is 48.7 Å². The SMILES string of the molecule is CC(=O)CCc1ccc(OCC(=O)NCCc2ccccn2)cc1. The number of benzene rings is 1. The lowest BCUT2D eigenvalue weighted by Crippen LogP contribution is -2.30. The lowest BCUT2D eigenvalue weighted by atomic mass is 10.1. The van der Waals surface area contributed by atoms with E-state index in [-0.39, 0.29) is 18.3 Å². The van der Waals surface area contributed by atoms with Crippen molar-refractivity contribution in [3.63, 3.8) is 0 Å². The standard InChI is InChI=1S/C19H22N2O3/c1-15(22)5-6-16-7-9-18(10-8-16)24-14-19(23)21-13-11-17-4-2-3-12-20-17/h2-4,7-10,12H,5-6,11,13-14H2,1H3,(H,21,23). The normalized spacial score (nSPS) is 10.2. The molecule has 24 heavy (non-hydrogen) atoms. The molecule has 0 radical (unpaired) electrons. The molecular weight excluding hydrogens is 304 g/mol. The van der Waals surface area contributed by atoms with Crippen molar-refractivity contribution in [2.75, 3.05) is 13.2 Å². The predicted octanol–water partition coefficient (Wildman–Crippen LogP) is 2.34. The smallest absolute Gasteiger partial charge is 0.257 e. The molecule has 0 aliphatic heterocycles. The van der Waals surface area contributed by atoms with Gasteiger partial charge in [0.1, 0.15) is 11.5 Å². The Hall–Kier alpha value is -2.69. The Morgan fingerprint density at radius 3 is 2.54 bits per heavy atom. The van der Waals surface area contributed by atoms with E-state index >= 15 is 0 Å². The summed E-state index contributed by atoms with van der Waals surface area (Å²) in [6.07, 6.45) is 3.69. The van der Waals surface area contributed by atoms with Crippen molar-refractivity contribution in [3.8, 4) is 5.75 Å². The second kappa shape index (κ2) is 9.45. The highest BCUT2D eigenvalue weighted by Gasteiger charge is 2.03. The minimum atomic E-state index is -0.161. The van der Waals surface area contributed by atoms with Crippen molar-refractivity contribution >= 4 is 11.7 Å². The van der Waals surface area contributed by atoms with Gasteiger partial charge in [0, 0.05) is 31.3 Å². The van der Waals surface area contributed by atoms with E-state index in [0.29, 0.717) is 25.1 Å². The second-order valence-corrected chi connectivity index (χ2v) is 5.56. The molecule has 1 N–H and O–H groups in total. The zero-order chi connectivity index (χ0) is 17.2. The number of hydrogen-bond donors (Lipinski definition) is 1. The molecule has 5 nitrogen and oxygen atoms in total. The van der Waals surface area contributed by atoms with Gasteiger partial charge < -0.3 is 14.8 Å². The van der Waals surface area contributed by atoms with Gasteiger partial charge in [-0.25, -0.2) is 0 Å². The molecule has 0 atom stereocenters. The molecular formula is C19H22N2O3. The van der Waals surface area contributed by atoms with Crippen molar-refractivity contribution in [2.24, 2.45) is 0 Å². The Kier molecular flexibility index (Phi) is 6.95. The minimum Gasteiger partial charge on any atom is -0.484 e. The van der Waals surface area contributed by atoms with Gasteiger partial charge in [-0.3, -0.25) is 9.78 Å². The van der Waals surface area contributed by atoms with E-state index < -0.39 is 0 Å². The van der Waals surface area contributed by atoms with Gasteiger partial charge in [0.15, 0.2) is 6.61 Å². The molecule has 0 saturated carbocycles. The van der Waals surface area contributed by atoms with Crippen molar-refractivity contribution < 1.29 is 14.3 Å². The lowest BCUT2D eigenvalue weighted by Gasteiger charge is -2.08. The van der Waals surface area contributed by atoms with Crippen molar-refractivity contribution in [2.45, 2.75) is 26.2 Å². The number of Topliss-reactive ketones (excluding diaryl/α,β-unsaturated/α-hetero) is 1. The first-order valence-corrected chi connectivity index (χ1v) is 8.01. The van der Waals surface area contributed by atoms with Crippen LogP contribution in [0.25, 0.3) is 0 Å². The number of ether oxygens (including phenoxy) is 1. The fourth-order valence-electron chi connectivity index (χ4n) is 2.15. The van der Waals surface area contributed by atoms with Crippen molar-refractivity contribution in [3.05, 3.63) is 59.9 Å². The Morgan fingerprint density at radius 1 is 1.08 bits per heavy atom. The van der Waals surface area contributed by atoms with E-state index in [1.807, 2.05) is 42.5 Å². The van der Waals surface area contributed by atoms with Crippen LogP contribution in [0.1, 0.15) is 24.6 Å². The Balaban J connectivity index is 1.66. The van der Waals surface area contributed by atoms with Gasteiger partial charge in [-0.15, -0.1) is 0 Å². The molecule has 126 valence electrons. The summed E-state index contributed by atoms with van der Waals surface area (Å²) in [6, 6.07) is 13.2. The van der Waals surface area contributed by atoms with E-state index in [1.165, 1.54) is 0 Å². The molecule has 5 heteroatoms. The monoisotopic (exact) mass is 326 g/mol. The zero-order valence-electron chi connectivity index (χ0n) is 13.8. The van der Waals surface area contributed by atoms with Crippen molar-refractivity contribution in [1.82, 2.24) is 10.3 Å². The maximum Gasteiger partial charge on any atom is 0.257 e. The van der Waals surface area contributed by atoms with E-state index in [0.717, 1.165) is 17.7 Å². The average Bonchev–Trinajstić information content (AvgIpc) is 2.60. The molecule has 0 bridgehead atoms. The van der Waals surface area contributed by atoms with Crippen LogP contribution in [-0.4, -0.2) is 29.8 Å². The van der Waals surface area contributed by atoms with Crippen LogP contribution < -0.4 is 10.1 Å². The molecule has 2 rings (SSSR count). The third kappa shape index (κ3) is 6.60. The first-order valence-electron chi connectivity index (χ1n) is 8.01. The Labute approximate surface area is 142 Å². The zero-order valence-corrected chi connectivity index (χ0v) is 13.8. The molecule has 0 aliphatic rings. The van der Waals surface area contributed by atoms with Gasteiger partial charge in [0.05, 0.1) is 0 Å². The van der Waals surface area contributed by atoms with Gasteiger partial charge in [0.25, 0.3) is 5.91 Å². The number of ketones is 1. The fraction of sp³-hybridized carbons (Fsp3) is 0.316. The summed E-state index contributed by atoms with van der Waals surface area (Å²) in [5.41, 5.74) is 2.03. The number of nitrogens with one attached hydrogen (secondary N) is 1. The summed E-state index contributed by atoms with van der Waals surface area (Å²) in [6.45, 7) is 2.10. The van der Waals surface area contributed by atoms with Gasteiger partial charge >= 0.3 is 0 Å². The molecule has 1 aromatic carbocycles. The summed E-state index contributed by atoms with van der Waals surface area (Å²) in [4.78, 5) is 26.9. The highest BCUT2D eigenvalue weighted by molar-refractivity contribution is 5.77. The highest BCUT2D eigenvalue weighted by atomic mass is 16.5. The Bertz CT molecular complexity index is 654. The summed E-state index contributed by atoms with van der Waals surface area (Å²) >= 11 is 0. The van der Waals surface area contributed by atoms with Gasteiger partial charge in [0.2, 0.25) is 0 Å².